The molecular weight excluding hydrogens is 501 g/mol. The summed E-state index contributed by atoms with van der Waals surface area (Å²) in [6, 6.07) is 18.5. The minimum atomic E-state index is 0.123. The second kappa shape index (κ2) is 7.12. The van der Waals surface area contributed by atoms with Crippen LogP contribution in [0.4, 0.5) is 0 Å². The quantitative estimate of drug-likeness (QED) is 0.233. The maximum absolute atomic E-state index is 4.83. The van der Waals surface area contributed by atoms with Crippen molar-refractivity contribution in [2.45, 2.75) is 6.04 Å². The van der Waals surface area contributed by atoms with Gasteiger partial charge in [-0.15, -0.1) is 45.3 Å². The molecule has 4 aromatic heterocycles. The van der Waals surface area contributed by atoms with Gasteiger partial charge in [0.1, 0.15) is 0 Å². The Labute approximate surface area is 209 Å². The van der Waals surface area contributed by atoms with Crippen molar-refractivity contribution in [2.24, 2.45) is 4.40 Å². The van der Waals surface area contributed by atoms with Crippen LogP contribution >= 0.6 is 57.5 Å². The molecule has 0 fully saturated rings. The Balaban J connectivity index is 1.25. The van der Waals surface area contributed by atoms with E-state index in [1.54, 1.807) is 0 Å². The molecule has 2 nitrogen and oxygen atoms in total. The Morgan fingerprint density at radius 3 is 2.06 bits per heavy atom. The average Bonchev–Trinajstić information content (AvgIpc) is 3.63. The van der Waals surface area contributed by atoms with Crippen molar-refractivity contribution in [3.8, 4) is 0 Å². The van der Waals surface area contributed by atoms with E-state index < -0.39 is 0 Å². The third-order valence-electron chi connectivity index (χ3n) is 6.34. The van der Waals surface area contributed by atoms with E-state index in [1.165, 1.54) is 73.4 Å². The Morgan fingerprint density at radius 2 is 1.33 bits per heavy atom. The van der Waals surface area contributed by atoms with E-state index in [0.29, 0.717) is 0 Å². The fourth-order valence-corrected chi connectivity index (χ4v) is 9.44. The van der Waals surface area contributed by atoms with Crippen LogP contribution in [0, 0.1) is 0 Å². The van der Waals surface area contributed by atoms with Gasteiger partial charge in [0.05, 0.1) is 23.9 Å². The molecule has 8 rings (SSSR count). The summed E-state index contributed by atoms with van der Waals surface area (Å²) in [6.45, 7) is 0. The highest BCUT2D eigenvalue weighted by atomic mass is 32.2. The molecule has 0 radical (unpaired) electrons. The van der Waals surface area contributed by atoms with E-state index >= 15 is 0 Å². The van der Waals surface area contributed by atoms with Crippen LogP contribution in [0.1, 0.15) is 9.75 Å². The minimum Gasteiger partial charge on any atom is -0.231 e. The van der Waals surface area contributed by atoms with Gasteiger partial charge >= 0.3 is 0 Å². The number of nitrogens with zero attached hydrogens (tertiary/aromatic N) is 1. The van der Waals surface area contributed by atoms with Gasteiger partial charge in [-0.05, 0) is 86.4 Å². The van der Waals surface area contributed by atoms with E-state index in [0.717, 1.165) is 5.71 Å². The summed E-state index contributed by atoms with van der Waals surface area (Å²) in [4.78, 5) is 2.62. The molecule has 158 valence electrons. The van der Waals surface area contributed by atoms with Gasteiger partial charge in [0, 0.05) is 34.1 Å². The van der Waals surface area contributed by atoms with Gasteiger partial charge in [-0.2, -0.15) is 0 Å². The highest BCUT2D eigenvalue weighted by molar-refractivity contribution is 7.96. The summed E-state index contributed by atoms with van der Waals surface area (Å²) in [5, 5.41) is 9.64. The lowest BCUT2D eigenvalue weighted by Gasteiger charge is -2.21. The highest BCUT2D eigenvalue weighted by Crippen LogP contribution is 2.43. The summed E-state index contributed by atoms with van der Waals surface area (Å²) in [6.07, 6.45) is 4.57. The Morgan fingerprint density at radius 1 is 0.667 bits per heavy atom. The van der Waals surface area contributed by atoms with E-state index in [-0.39, 0.29) is 6.04 Å². The number of thiophene rings is 4. The maximum atomic E-state index is 4.83. The van der Waals surface area contributed by atoms with Crippen molar-refractivity contribution >= 4 is 115 Å². The molecule has 2 aliphatic rings. The Kier molecular flexibility index (Phi) is 4.12. The molecular formula is C26H14N2S5. The zero-order valence-corrected chi connectivity index (χ0v) is 21.1. The highest BCUT2D eigenvalue weighted by Gasteiger charge is 2.33. The molecule has 0 saturated heterocycles. The standard InChI is InChI=1S/C26H14N2S5/c1-2-18(24-10-16-8-14-4-6-30-20(14)12-22(16)32-24)26-25(27-33-28-26)17(1)23-9-15-7-13-3-5-29-19(13)11-21(15)31-23/h1-12,25,27H. The molecule has 0 amide bonds. The summed E-state index contributed by atoms with van der Waals surface area (Å²) < 4.78 is 13.8. The average molecular weight is 515 g/mol. The first-order valence-electron chi connectivity index (χ1n) is 10.5. The van der Waals surface area contributed by atoms with Gasteiger partial charge in [-0.3, -0.25) is 0 Å². The van der Waals surface area contributed by atoms with E-state index in [1.807, 2.05) is 45.3 Å². The zero-order valence-electron chi connectivity index (χ0n) is 17.0. The summed E-state index contributed by atoms with van der Waals surface area (Å²) in [5.74, 6) is 0. The fourth-order valence-electron chi connectivity index (χ4n) is 4.71. The molecule has 1 atom stereocenters. The summed E-state index contributed by atoms with van der Waals surface area (Å²) in [7, 11) is 0. The zero-order chi connectivity index (χ0) is 21.5. The first-order valence-corrected chi connectivity index (χ1v) is 14.7. The van der Waals surface area contributed by atoms with Gasteiger partial charge < -0.3 is 0 Å². The van der Waals surface area contributed by atoms with Gasteiger partial charge in [0.25, 0.3) is 0 Å². The summed E-state index contributed by atoms with van der Waals surface area (Å²) in [5.41, 5.74) is 3.70. The Hall–Kier alpha value is -2.26. The van der Waals surface area contributed by atoms with Gasteiger partial charge in [-0.25, -0.2) is 9.12 Å². The van der Waals surface area contributed by atoms with Crippen LogP contribution in [0.3, 0.4) is 0 Å². The molecule has 7 heteroatoms. The molecule has 0 saturated carbocycles. The lowest BCUT2D eigenvalue weighted by molar-refractivity contribution is 1.03. The van der Waals surface area contributed by atoms with Crippen molar-refractivity contribution in [1.82, 2.24) is 4.72 Å². The normalized spacial score (nSPS) is 18.3. The molecule has 0 bridgehead atoms. The SMILES string of the molecule is C1=C(c2cc3cc4ccsc4cc3s2)C2=NSNC2C(c2cc3cc4ccsc4cc3s2)=C1. The first-order chi connectivity index (χ1) is 16.3. The van der Waals surface area contributed by atoms with Gasteiger partial charge in [-0.1, -0.05) is 12.2 Å². The van der Waals surface area contributed by atoms with Crippen molar-refractivity contribution in [3.63, 3.8) is 0 Å². The molecule has 1 unspecified atom stereocenters. The fraction of sp³-hybridized carbons (Fsp3) is 0.0385. The number of allylic oxidation sites excluding steroid dienone is 2. The molecule has 5 heterocycles. The van der Waals surface area contributed by atoms with Crippen LogP contribution in [0.25, 0.3) is 51.5 Å². The third kappa shape index (κ3) is 2.91. The van der Waals surface area contributed by atoms with Crippen LogP contribution in [-0.4, -0.2) is 11.8 Å². The lowest BCUT2D eigenvalue weighted by Crippen LogP contribution is -2.31. The number of hydrogen-bond donors (Lipinski definition) is 1. The summed E-state index contributed by atoms with van der Waals surface area (Å²) >= 11 is 8.84. The van der Waals surface area contributed by atoms with Crippen LogP contribution in [0.2, 0.25) is 0 Å². The number of rotatable bonds is 2. The van der Waals surface area contributed by atoms with E-state index in [2.05, 4.69) is 76.2 Å². The second-order valence-corrected chi connectivity index (χ2v) is 12.9. The lowest BCUT2D eigenvalue weighted by atomic mass is 9.90. The molecule has 6 aromatic rings. The predicted molar refractivity (Wildman–Crippen MR) is 152 cm³/mol. The molecule has 2 aromatic carbocycles. The molecule has 1 N–H and O–H groups in total. The molecule has 1 aliphatic heterocycles. The van der Waals surface area contributed by atoms with Crippen LogP contribution in [0.15, 0.2) is 75.8 Å². The smallest absolute Gasteiger partial charge is 0.0887 e. The van der Waals surface area contributed by atoms with Gasteiger partial charge in [0.2, 0.25) is 0 Å². The minimum absolute atomic E-state index is 0.123. The van der Waals surface area contributed by atoms with Crippen molar-refractivity contribution < 1.29 is 0 Å². The number of hydrogen-bond acceptors (Lipinski definition) is 7. The largest absolute Gasteiger partial charge is 0.231 e. The number of fused-ring (bicyclic) bond motifs is 5. The van der Waals surface area contributed by atoms with Crippen LogP contribution in [0.5, 0.6) is 0 Å². The number of benzene rings is 2. The van der Waals surface area contributed by atoms with Gasteiger partial charge in [0.15, 0.2) is 0 Å². The monoisotopic (exact) mass is 514 g/mol. The maximum Gasteiger partial charge on any atom is 0.0887 e. The van der Waals surface area contributed by atoms with E-state index in [4.69, 9.17) is 4.40 Å². The topological polar surface area (TPSA) is 24.4 Å². The van der Waals surface area contributed by atoms with Crippen LogP contribution in [-0.2, 0) is 0 Å². The Bertz CT molecular complexity index is 1740. The molecule has 1 aliphatic carbocycles. The second-order valence-electron chi connectivity index (χ2n) is 8.24. The van der Waals surface area contributed by atoms with E-state index in [9.17, 15) is 0 Å². The predicted octanol–water partition coefficient (Wildman–Crippen LogP) is 9.00. The number of nitrogens with one attached hydrogen (secondary N) is 1. The van der Waals surface area contributed by atoms with Crippen molar-refractivity contribution in [1.29, 1.82) is 0 Å². The van der Waals surface area contributed by atoms with Crippen molar-refractivity contribution in [3.05, 3.63) is 81.2 Å². The molecule has 33 heavy (non-hydrogen) atoms. The van der Waals surface area contributed by atoms with Crippen LogP contribution < -0.4 is 4.72 Å². The third-order valence-corrected chi connectivity index (χ3v) is 11.0. The van der Waals surface area contributed by atoms with Crippen molar-refractivity contribution in [2.75, 3.05) is 0 Å². The molecule has 0 spiro atoms. The first kappa shape index (κ1) is 19.1.